The summed E-state index contributed by atoms with van der Waals surface area (Å²) in [6, 6.07) is 4.10. The van der Waals surface area contributed by atoms with E-state index in [0.29, 0.717) is 5.92 Å². The topological polar surface area (TPSA) is 91.7 Å². The molecule has 0 spiro atoms. The summed E-state index contributed by atoms with van der Waals surface area (Å²) in [6.45, 7) is 15.7. The average molecular weight is 397 g/mol. The van der Waals surface area contributed by atoms with E-state index in [9.17, 15) is 4.79 Å². The van der Waals surface area contributed by atoms with Crippen molar-refractivity contribution in [3.8, 4) is 5.75 Å². The Morgan fingerprint density at radius 2 is 1.86 bits per heavy atom. The van der Waals surface area contributed by atoms with Crippen molar-refractivity contribution in [3.05, 3.63) is 23.5 Å². The lowest BCUT2D eigenvalue weighted by Crippen LogP contribution is -2.26. The molecule has 0 radical (unpaired) electrons. The molecule has 28 heavy (non-hydrogen) atoms. The van der Waals surface area contributed by atoms with Crippen molar-refractivity contribution >= 4 is 5.97 Å². The van der Waals surface area contributed by atoms with Gasteiger partial charge in [0.25, 0.3) is 0 Å². The molecule has 6 nitrogen and oxygen atoms in total. The maximum Gasteiger partial charge on any atom is 0.308 e. The lowest BCUT2D eigenvalue weighted by Gasteiger charge is -2.22. The predicted octanol–water partition coefficient (Wildman–Crippen LogP) is 3.83. The highest BCUT2D eigenvalue weighted by molar-refractivity contribution is 5.70. The second-order valence-corrected chi connectivity index (χ2v) is 7.63. The van der Waals surface area contributed by atoms with E-state index in [0.717, 1.165) is 49.5 Å². The van der Waals surface area contributed by atoms with Gasteiger partial charge in [-0.3, -0.25) is 9.78 Å². The number of hydrogen-bond acceptors (Lipinski definition) is 5. The van der Waals surface area contributed by atoms with Gasteiger partial charge < -0.3 is 20.3 Å². The smallest absolute Gasteiger partial charge is 0.308 e. The number of pyridine rings is 1. The van der Waals surface area contributed by atoms with Crippen molar-refractivity contribution in [1.82, 2.24) is 10.3 Å². The number of carboxylic acid groups (broad SMARTS) is 1. The summed E-state index contributed by atoms with van der Waals surface area (Å²) in [4.78, 5) is 14.6. The van der Waals surface area contributed by atoms with Crippen molar-refractivity contribution < 1.29 is 19.7 Å². The van der Waals surface area contributed by atoms with E-state index in [1.165, 1.54) is 13.8 Å². The molecule has 1 aromatic heterocycles. The molecule has 1 aromatic rings. The number of carbonyl (C=O) groups is 1. The maximum atomic E-state index is 9.98. The number of carboxylic acids is 1. The number of aromatic nitrogens is 1. The number of nitrogens with zero attached hydrogens (tertiary/aromatic N) is 1. The largest absolute Gasteiger partial charge is 0.488 e. The Bertz CT molecular complexity index is 561. The Hall–Kier alpha value is -1.66. The monoisotopic (exact) mass is 396 g/mol. The van der Waals surface area contributed by atoms with E-state index < -0.39 is 18.0 Å². The Balaban J connectivity index is 0.000000769. The Morgan fingerprint density at radius 1 is 1.21 bits per heavy atom. The zero-order chi connectivity index (χ0) is 21.7. The van der Waals surface area contributed by atoms with Gasteiger partial charge in [-0.2, -0.15) is 0 Å². The summed E-state index contributed by atoms with van der Waals surface area (Å²) in [5, 5.41) is 20.2. The predicted molar refractivity (Wildman–Crippen MR) is 114 cm³/mol. The van der Waals surface area contributed by atoms with E-state index in [1.807, 2.05) is 13.0 Å². The van der Waals surface area contributed by atoms with Gasteiger partial charge in [-0.15, -0.1) is 0 Å². The van der Waals surface area contributed by atoms with Crippen LogP contribution in [0.1, 0.15) is 65.8 Å². The fourth-order valence-corrected chi connectivity index (χ4v) is 2.53. The second-order valence-electron chi connectivity index (χ2n) is 7.63. The molecule has 1 rings (SSSR count). The minimum absolute atomic E-state index is 0.267. The van der Waals surface area contributed by atoms with Gasteiger partial charge >= 0.3 is 5.97 Å². The van der Waals surface area contributed by atoms with Crippen LogP contribution >= 0.6 is 0 Å². The normalized spacial score (nSPS) is 14.0. The molecule has 0 aliphatic heterocycles. The van der Waals surface area contributed by atoms with Crippen molar-refractivity contribution in [2.75, 3.05) is 13.1 Å². The van der Waals surface area contributed by atoms with E-state index in [4.69, 9.17) is 14.9 Å². The molecular weight excluding hydrogens is 356 g/mol. The van der Waals surface area contributed by atoms with Gasteiger partial charge in [0.15, 0.2) is 0 Å². The first-order valence-corrected chi connectivity index (χ1v) is 10.4. The molecule has 0 amide bonds. The molecule has 0 fully saturated rings. The van der Waals surface area contributed by atoms with Crippen molar-refractivity contribution in [2.24, 2.45) is 11.8 Å². The van der Waals surface area contributed by atoms with Gasteiger partial charge in [0, 0.05) is 5.69 Å². The number of rotatable bonds is 11. The minimum atomic E-state index is -0.958. The van der Waals surface area contributed by atoms with Crippen LogP contribution in [0.15, 0.2) is 12.1 Å². The molecule has 3 unspecified atom stereocenters. The number of nitrogens with one attached hydrogen (secondary N) is 1. The molecular formula is C22H40N2O4. The Morgan fingerprint density at radius 3 is 2.29 bits per heavy atom. The summed E-state index contributed by atoms with van der Waals surface area (Å²) < 4.78 is 6.25. The summed E-state index contributed by atoms with van der Waals surface area (Å²) in [5.74, 6) is -0.0136. The van der Waals surface area contributed by atoms with E-state index >= 15 is 0 Å². The third kappa shape index (κ3) is 11.2. The number of ether oxygens (including phenoxy) is 1. The van der Waals surface area contributed by atoms with Crippen LogP contribution in [0.4, 0.5) is 0 Å². The van der Waals surface area contributed by atoms with Gasteiger partial charge in [0.05, 0.1) is 17.7 Å². The van der Waals surface area contributed by atoms with E-state index in [1.54, 1.807) is 0 Å². The molecule has 0 saturated carbocycles. The fraction of sp³-hybridized carbons (Fsp3) is 0.727. The van der Waals surface area contributed by atoms with Crippen LogP contribution in [0.2, 0.25) is 0 Å². The van der Waals surface area contributed by atoms with Gasteiger partial charge in [-0.1, -0.05) is 27.7 Å². The van der Waals surface area contributed by atoms with Crippen molar-refractivity contribution in [2.45, 2.75) is 79.9 Å². The highest BCUT2D eigenvalue weighted by Gasteiger charge is 2.16. The van der Waals surface area contributed by atoms with Gasteiger partial charge in [0.2, 0.25) is 0 Å². The molecule has 3 atom stereocenters. The maximum absolute atomic E-state index is 9.98. The average Bonchev–Trinajstić information content (AvgIpc) is 2.62. The molecule has 0 aliphatic rings. The number of hydrogen-bond donors (Lipinski definition) is 3. The summed E-state index contributed by atoms with van der Waals surface area (Å²) in [5.41, 5.74) is 2.13. The summed E-state index contributed by atoms with van der Waals surface area (Å²) >= 11 is 0. The van der Waals surface area contributed by atoms with Crippen LogP contribution in [-0.2, 0) is 11.2 Å². The third-order valence-electron chi connectivity index (χ3n) is 4.44. The second kappa shape index (κ2) is 14.4. The minimum Gasteiger partial charge on any atom is -0.488 e. The van der Waals surface area contributed by atoms with Crippen molar-refractivity contribution in [1.29, 1.82) is 0 Å². The molecule has 0 saturated heterocycles. The zero-order valence-electron chi connectivity index (χ0n) is 18.7. The first-order chi connectivity index (χ1) is 13.1. The van der Waals surface area contributed by atoms with Gasteiger partial charge in [-0.25, -0.2) is 0 Å². The first-order valence-electron chi connectivity index (χ1n) is 10.4. The lowest BCUT2D eigenvalue weighted by atomic mass is 10.0. The Kier molecular flexibility index (Phi) is 13.5. The van der Waals surface area contributed by atoms with Crippen LogP contribution in [0, 0.1) is 18.8 Å². The van der Waals surface area contributed by atoms with Crippen LogP contribution in [0.3, 0.4) is 0 Å². The Labute approximate surface area is 170 Å². The van der Waals surface area contributed by atoms with Crippen LogP contribution in [0.25, 0.3) is 0 Å². The highest BCUT2D eigenvalue weighted by Crippen LogP contribution is 2.22. The number of aliphatic hydroxyl groups is 1. The summed E-state index contributed by atoms with van der Waals surface area (Å²) in [6.07, 6.45) is 2.56. The quantitative estimate of drug-likeness (QED) is 0.492. The van der Waals surface area contributed by atoms with E-state index in [-0.39, 0.29) is 6.10 Å². The highest BCUT2D eigenvalue weighted by atomic mass is 16.5. The zero-order valence-corrected chi connectivity index (χ0v) is 18.7. The van der Waals surface area contributed by atoms with Crippen molar-refractivity contribution in [3.63, 3.8) is 0 Å². The van der Waals surface area contributed by atoms with Crippen LogP contribution < -0.4 is 10.1 Å². The number of aliphatic hydroxyl groups excluding tert-OH is 1. The molecule has 0 aromatic carbocycles. The standard InChI is InChI=1S/C17H30N2O.C5H10O3/c1-6-16-17(9-8-14(5)19-16)20-15(12-13(3)4)10-11-18-7-2;1-3(4(2)6)5(7)8/h8-9,13,15,18H,6-7,10-12H2,1-5H3;3-4,6H,1-2H3,(H,7,8). The third-order valence-corrected chi connectivity index (χ3v) is 4.44. The molecule has 0 aliphatic carbocycles. The molecule has 0 bridgehead atoms. The molecule has 162 valence electrons. The molecule has 1 heterocycles. The number of aryl methyl sites for hydroxylation is 2. The fourth-order valence-electron chi connectivity index (χ4n) is 2.53. The first kappa shape index (κ1) is 26.3. The van der Waals surface area contributed by atoms with Gasteiger partial charge in [0.1, 0.15) is 11.9 Å². The van der Waals surface area contributed by atoms with E-state index in [2.05, 4.69) is 44.1 Å². The van der Waals surface area contributed by atoms with Gasteiger partial charge in [-0.05, 0) is 71.2 Å². The SMILES string of the molecule is CC(O)C(C)C(=O)O.CCNCCC(CC(C)C)Oc1ccc(C)nc1CC. The summed E-state index contributed by atoms with van der Waals surface area (Å²) in [7, 11) is 0. The van der Waals surface area contributed by atoms with Crippen LogP contribution in [0.5, 0.6) is 5.75 Å². The lowest BCUT2D eigenvalue weighted by molar-refractivity contribution is -0.144. The molecule has 6 heteroatoms. The number of aliphatic carboxylic acids is 1. The molecule has 3 N–H and O–H groups in total. The van der Waals surface area contributed by atoms with Crippen LogP contribution in [-0.4, -0.2) is 46.5 Å².